The fourth-order valence-electron chi connectivity index (χ4n) is 3.43. The number of nitriles is 1. The number of nitro groups is 1. The zero-order valence-corrected chi connectivity index (χ0v) is 20.1. The van der Waals surface area contributed by atoms with E-state index in [4.69, 9.17) is 4.74 Å². The maximum atomic E-state index is 12.8. The first-order valence-corrected chi connectivity index (χ1v) is 11.3. The van der Waals surface area contributed by atoms with Gasteiger partial charge in [-0.05, 0) is 68.7 Å². The molecule has 0 atom stereocenters. The minimum atomic E-state index is -0.672. The molecule has 0 saturated carbocycles. The first-order valence-electron chi connectivity index (χ1n) is 10.5. The quantitative estimate of drug-likeness (QED) is 0.0765. The molecule has 0 saturated heterocycles. The number of hydrogen-bond acceptors (Lipinski definition) is 6. The van der Waals surface area contributed by atoms with Gasteiger partial charge in [-0.1, -0.05) is 42.5 Å². The summed E-state index contributed by atoms with van der Waals surface area (Å²) in [5.41, 5.74) is 0.959. The Morgan fingerprint density at radius 3 is 2.42 bits per heavy atom. The number of halogens is 1. The molecule has 1 amide bonds. The number of non-ortho nitro benzene ring substituents is 1. The molecule has 0 aliphatic rings. The lowest BCUT2D eigenvalue weighted by molar-refractivity contribution is -0.384. The van der Waals surface area contributed by atoms with Crippen molar-refractivity contribution in [1.29, 1.82) is 5.26 Å². The number of esters is 1. The number of nitrogens with one attached hydrogen (secondary N) is 1. The zero-order valence-electron chi connectivity index (χ0n) is 18.5. The maximum Gasteiger partial charge on any atom is 0.344 e. The highest BCUT2D eigenvalue weighted by atomic mass is 79.9. The molecule has 9 heteroatoms. The van der Waals surface area contributed by atoms with Crippen LogP contribution >= 0.6 is 15.9 Å². The number of hydrogen-bond donors (Lipinski definition) is 1. The molecule has 4 aromatic rings. The van der Waals surface area contributed by atoms with E-state index in [1.165, 1.54) is 30.3 Å². The van der Waals surface area contributed by atoms with E-state index >= 15 is 0 Å². The van der Waals surface area contributed by atoms with Crippen LogP contribution in [0, 0.1) is 21.4 Å². The number of nitro benzene ring substituents is 1. The van der Waals surface area contributed by atoms with Crippen LogP contribution < -0.4 is 10.1 Å². The number of carbonyl (C=O) groups excluding carboxylic acids is 2. The van der Waals surface area contributed by atoms with E-state index in [0.717, 1.165) is 10.8 Å². The highest BCUT2D eigenvalue weighted by Crippen LogP contribution is 2.29. The van der Waals surface area contributed by atoms with Crippen LogP contribution in [0.25, 0.3) is 16.8 Å². The molecule has 8 nitrogen and oxygen atoms in total. The van der Waals surface area contributed by atoms with Gasteiger partial charge in [0.25, 0.3) is 11.6 Å². The lowest BCUT2D eigenvalue weighted by Gasteiger charge is -2.09. The van der Waals surface area contributed by atoms with Crippen LogP contribution in [-0.4, -0.2) is 16.8 Å². The van der Waals surface area contributed by atoms with Crippen molar-refractivity contribution in [2.75, 3.05) is 5.32 Å². The van der Waals surface area contributed by atoms with Gasteiger partial charge in [-0.15, -0.1) is 0 Å². The predicted octanol–water partition coefficient (Wildman–Crippen LogP) is 6.28. The third-order valence-corrected chi connectivity index (χ3v) is 5.80. The normalized spacial score (nSPS) is 10.9. The largest absolute Gasteiger partial charge is 0.422 e. The number of amides is 1. The summed E-state index contributed by atoms with van der Waals surface area (Å²) < 4.78 is 6.04. The maximum absolute atomic E-state index is 12.8. The molecule has 176 valence electrons. The number of nitrogens with zero attached hydrogens (tertiary/aromatic N) is 2. The van der Waals surface area contributed by atoms with Gasteiger partial charge in [0, 0.05) is 17.8 Å². The number of rotatable bonds is 6. The summed E-state index contributed by atoms with van der Waals surface area (Å²) in [5.74, 6) is -0.913. The van der Waals surface area contributed by atoms with E-state index < -0.39 is 16.8 Å². The van der Waals surface area contributed by atoms with Crippen LogP contribution in [-0.2, 0) is 4.79 Å². The summed E-state index contributed by atoms with van der Waals surface area (Å²) in [6.07, 6.45) is 1.38. The molecular formula is C27H16BrN3O5. The topological polar surface area (TPSA) is 122 Å². The Bertz CT molecular complexity index is 1570. The van der Waals surface area contributed by atoms with Crippen LogP contribution in [0.5, 0.6) is 5.75 Å². The summed E-state index contributed by atoms with van der Waals surface area (Å²) in [6, 6.07) is 24.8. The number of carbonyl (C=O) groups is 2. The van der Waals surface area contributed by atoms with Gasteiger partial charge >= 0.3 is 5.97 Å². The van der Waals surface area contributed by atoms with Crippen LogP contribution in [0.2, 0.25) is 0 Å². The molecule has 4 rings (SSSR count). The summed E-state index contributed by atoms with van der Waals surface area (Å²) in [7, 11) is 0. The smallest absolute Gasteiger partial charge is 0.344 e. The van der Waals surface area contributed by atoms with Gasteiger partial charge in [-0.3, -0.25) is 14.9 Å². The second-order valence-electron chi connectivity index (χ2n) is 7.53. The van der Waals surface area contributed by atoms with Crippen LogP contribution in [0.1, 0.15) is 15.9 Å². The minimum absolute atomic E-state index is 0.116. The molecule has 4 aromatic carbocycles. The molecule has 1 N–H and O–H groups in total. The first kappa shape index (κ1) is 24.3. The zero-order chi connectivity index (χ0) is 25.7. The molecular weight excluding hydrogens is 526 g/mol. The Hall–Kier alpha value is -4.81. The molecule has 0 aliphatic heterocycles. The Labute approximate surface area is 213 Å². The van der Waals surface area contributed by atoms with Crippen molar-refractivity contribution in [3.05, 3.63) is 116 Å². The Balaban J connectivity index is 1.50. The average Bonchev–Trinajstić information content (AvgIpc) is 2.88. The molecule has 0 heterocycles. The van der Waals surface area contributed by atoms with E-state index in [1.54, 1.807) is 30.3 Å². The van der Waals surface area contributed by atoms with Crippen molar-refractivity contribution in [1.82, 2.24) is 0 Å². The Morgan fingerprint density at radius 2 is 1.72 bits per heavy atom. The van der Waals surface area contributed by atoms with Gasteiger partial charge in [0.15, 0.2) is 0 Å². The number of fused-ring (bicyclic) bond motifs is 1. The average molecular weight is 542 g/mol. The number of ether oxygens (including phenoxy) is 1. The minimum Gasteiger partial charge on any atom is -0.422 e. The summed E-state index contributed by atoms with van der Waals surface area (Å²) in [4.78, 5) is 35.5. The SMILES string of the molecule is N#C/C(=C\c1ccc(OC(=O)c2cccc3ccccc23)c(Br)c1)C(=O)Nc1ccc([N+](=O)[O-])cc1. The first-order chi connectivity index (χ1) is 17.4. The summed E-state index contributed by atoms with van der Waals surface area (Å²) >= 11 is 3.37. The highest BCUT2D eigenvalue weighted by Gasteiger charge is 2.15. The van der Waals surface area contributed by atoms with Crippen LogP contribution in [0.15, 0.2) is 95.0 Å². The summed E-state index contributed by atoms with van der Waals surface area (Å²) in [5, 5.41) is 24.4. The van der Waals surface area contributed by atoms with E-state index in [2.05, 4.69) is 21.2 Å². The molecule has 0 aliphatic carbocycles. The van der Waals surface area contributed by atoms with E-state index in [9.17, 15) is 25.0 Å². The van der Waals surface area contributed by atoms with Gasteiger partial charge in [0.1, 0.15) is 17.4 Å². The van der Waals surface area contributed by atoms with Crippen molar-refractivity contribution >= 4 is 56.0 Å². The standard InChI is InChI=1S/C27H16BrN3O5/c28-24-15-17(14-19(16-29)26(32)30-20-9-11-21(12-10-20)31(34)35)8-13-25(24)36-27(33)23-7-3-5-18-4-1-2-6-22(18)23/h1-15H,(H,30,32)/b19-14+. The van der Waals surface area contributed by atoms with Gasteiger partial charge in [-0.25, -0.2) is 4.79 Å². The van der Waals surface area contributed by atoms with Crippen molar-refractivity contribution < 1.29 is 19.2 Å². The highest BCUT2D eigenvalue weighted by molar-refractivity contribution is 9.10. The van der Waals surface area contributed by atoms with Gasteiger partial charge < -0.3 is 10.1 Å². The number of benzene rings is 4. The fraction of sp³-hybridized carbons (Fsp3) is 0. The van der Waals surface area contributed by atoms with E-state index in [0.29, 0.717) is 21.3 Å². The van der Waals surface area contributed by atoms with Gasteiger partial charge in [-0.2, -0.15) is 5.26 Å². The lowest BCUT2D eigenvalue weighted by Crippen LogP contribution is -2.13. The second-order valence-corrected chi connectivity index (χ2v) is 8.39. The van der Waals surface area contributed by atoms with E-state index in [1.807, 2.05) is 36.4 Å². The second kappa shape index (κ2) is 10.6. The predicted molar refractivity (Wildman–Crippen MR) is 138 cm³/mol. The molecule has 36 heavy (non-hydrogen) atoms. The number of anilines is 1. The molecule has 0 spiro atoms. The molecule has 0 aromatic heterocycles. The lowest BCUT2D eigenvalue weighted by atomic mass is 10.0. The molecule has 0 bridgehead atoms. The van der Waals surface area contributed by atoms with Crippen molar-refractivity contribution in [2.45, 2.75) is 0 Å². The molecule has 0 fully saturated rings. The third-order valence-electron chi connectivity index (χ3n) is 5.18. The van der Waals surface area contributed by atoms with Crippen molar-refractivity contribution in [3.8, 4) is 11.8 Å². The van der Waals surface area contributed by atoms with Gasteiger partial charge in [0.05, 0.1) is 15.0 Å². The van der Waals surface area contributed by atoms with Crippen LogP contribution in [0.3, 0.4) is 0 Å². The fourth-order valence-corrected chi connectivity index (χ4v) is 3.91. The van der Waals surface area contributed by atoms with Crippen molar-refractivity contribution in [2.24, 2.45) is 0 Å². The summed E-state index contributed by atoms with van der Waals surface area (Å²) in [6.45, 7) is 0. The van der Waals surface area contributed by atoms with Gasteiger partial charge in [0.2, 0.25) is 0 Å². The van der Waals surface area contributed by atoms with Crippen LogP contribution in [0.4, 0.5) is 11.4 Å². The Morgan fingerprint density at radius 1 is 1.00 bits per heavy atom. The van der Waals surface area contributed by atoms with E-state index in [-0.39, 0.29) is 17.0 Å². The van der Waals surface area contributed by atoms with Crippen molar-refractivity contribution in [3.63, 3.8) is 0 Å². The third kappa shape index (κ3) is 5.46. The Kier molecular flexibility index (Phi) is 7.18. The monoisotopic (exact) mass is 541 g/mol. The molecule has 0 unspecified atom stereocenters. The molecule has 0 radical (unpaired) electrons.